The zero-order valence-corrected chi connectivity index (χ0v) is 16.2. The van der Waals surface area contributed by atoms with Crippen molar-refractivity contribution in [1.82, 2.24) is 5.32 Å². The van der Waals surface area contributed by atoms with Crippen LogP contribution in [0.3, 0.4) is 0 Å². The summed E-state index contributed by atoms with van der Waals surface area (Å²) in [5.74, 6) is 1.57. The van der Waals surface area contributed by atoms with E-state index in [9.17, 15) is 4.79 Å². The van der Waals surface area contributed by atoms with Crippen LogP contribution in [0.15, 0.2) is 54.6 Å². The van der Waals surface area contributed by atoms with Gasteiger partial charge in [0, 0.05) is 18.1 Å². The maximum atomic E-state index is 12.5. The fourth-order valence-electron chi connectivity index (χ4n) is 3.54. The maximum Gasteiger partial charge on any atom is 0.244 e. The third-order valence-electron chi connectivity index (χ3n) is 5.35. The van der Waals surface area contributed by atoms with Crippen LogP contribution in [-0.4, -0.2) is 18.6 Å². The van der Waals surface area contributed by atoms with Gasteiger partial charge in [-0.3, -0.25) is 4.79 Å². The second-order valence-electron chi connectivity index (χ2n) is 6.90. The number of fused-ring (bicyclic) bond motifs is 1. The number of hydrogen-bond donors (Lipinski definition) is 1. The highest BCUT2D eigenvalue weighted by atomic mass is 16.5. The van der Waals surface area contributed by atoms with E-state index in [0.717, 1.165) is 41.9 Å². The molecule has 0 aliphatic carbocycles. The van der Waals surface area contributed by atoms with E-state index in [1.165, 1.54) is 0 Å². The molecule has 0 spiro atoms. The Hall–Kier alpha value is -2.75. The largest absolute Gasteiger partial charge is 0.497 e. The Labute approximate surface area is 161 Å². The minimum Gasteiger partial charge on any atom is -0.497 e. The van der Waals surface area contributed by atoms with Gasteiger partial charge in [-0.2, -0.15) is 0 Å². The Bertz CT molecular complexity index is 807. The molecule has 1 unspecified atom stereocenters. The first-order chi connectivity index (χ1) is 13.1. The van der Waals surface area contributed by atoms with E-state index in [1.807, 2.05) is 54.6 Å². The number of nitrogens with one attached hydrogen (secondary N) is 1. The van der Waals surface area contributed by atoms with Crippen molar-refractivity contribution in [2.75, 3.05) is 7.11 Å². The van der Waals surface area contributed by atoms with Crippen LogP contribution in [-0.2, 0) is 4.79 Å². The van der Waals surface area contributed by atoms with Gasteiger partial charge in [0.2, 0.25) is 5.91 Å². The lowest BCUT2D eigenvalue weighted by atomic mass is 9.83. The maximum absolute atomic E-state index is 12.5. The SMILES string of the molecule is CCC1(CC)CC(NC(=O)/C=C/c2ccc(OC)cc2)c2ccccc2O1. The molecule has 27 heavy (non-hydrogen) atoms. The number of amides is 1. The second-order valence-corrected chi connectivity index (χ2v) is 6.90. The van der Waals surface area contributed by atoms with Crippen LogP contribution in [0.4, 0.5) is 0 Å². The van der Waals surface area contributed by atoms with Gasteiger partial charge in [0.15, 0.2) is 0 Å². The van der Waals surface area contributed by atoms with Gasteiger partial charge in [-0.15, -0.1) is 0 Å². The van der Waals surface area contributed by atoms with Gasteiger partial charge in [0.1, 0.15) is 17.1 Å². The molecule has 3 rings (SSSR count). The number of hydrogen-bond acceptors (Lipinski definition) is 3. The molecule has 1 aliphatic rings. The Balaban J connectivity index is 1.74. The van der Waals surface area contributed by atoms with Crippen molar-refractivity contribution in [3.63, 3.8) is 0 Å². The van der Waals surface area contributed by atoms with Gasteiger partial charge in [-0.05, 0) is 42.7 Å². The molecule has 1 atom stereocenters. The van der Waals surface area contributed by atoms with Crippen molar-refractivity contribution in [3.8, 4) is 11.5 Å². The molecule has 1 amide bonds. The van der Waals surface area contributed by atoms with Gasteiger partial charge in [-0.25, -0.2) is 0 Å². The van der Waals surface area contributed by atoms with Gasteiger partial charge in [0.25, 0.3) is 0 Å². The van der Waals surface area contributed by atoms with Crippen LogP contribution >= 0.6 is 0 Å². The number of methoxy groups -OCH3 is 1. The predicted octanol–water partition coefficient (Wildman–Crippen LogP) is 4.91. The molecular weight excluding hydrogens is 338 g/mol. The van der Waals surface area contributed by atoms with Gasteiger partial charge in [0.05, 0.1) is 13.2 Å². The second kappa shape index (κ2) is 8.30. The fraction of sp³-hybridized carbons (Fsp3) is 0.348. The van der Waals surface area contributed by atoms with Crippen LogP contribution in [0, 0.1) is 0 Å². The van der Waals surface area contributed by atoms with Crippen molar-refractivity contribution >= 4 is 12.0 Å². The molecule has 2 aromatic carbocycles. The summed E-state index contributed by atoms with van der Waals surface area (Å²) in [6, 6.07) is 15.5. The Morgan fingerprint density at radius 1 is 1.19 bits per heavy atom. The fourth-order valence-corrected chi connectivity index (χ4v) is 3.54. The van der Waals surface area contributed by atoms with Gasteiger partial charge in [-0.1, -0.05) is 44.2 Å². The van der Waals surface area contributed by atoms with Crippen LogP contribution in [0.25, 0.3) is 6.08 Å². The van der Waals surface area contributed by atoms with E-state index in [2.05, 4.69) is 19.2 Å². The van der Waals surface area contributed by atoms with E-state index >= 15 is 0 Å². The highest BCUT2D eigenvalue weighted by molar-refractivity contribution is 5.92. The first kappa shape index (κ1) is 19.0. The summed E-state index contributed by atoms with van der Waals surface area (Å²) in [6.07, 6.45) is 5.99. The van der Waals surface area contributed by atoms with Gasteiger partial charge >= 0.3 is 0 Å². The molecule has 0 fully saturated rings. The van der Waals surface area contributed by atoms with E-state index < -0.39 is 0 Å². The molecule has 0 saturated heterocycles. The Kier molecular flexibility index (Phi) is 5.84. The van der Waals surface area contributed by atoms with Crippen LogP contribution < -0.4 is 14.8 Å². The number of rotatable bonds is 6. The van der Waals surface area contributed by atoms with E-state index in [-0.39, 0.29) is 17.6 Å². The lowest BCUT2D eigenvalue weighted by Gasteiger charge is -2.41. The van der Waals surface area contributed by atoms with E-state index in [1.54, 1.807) is 13.2 Å². The third kappa shape index (κ3) is 4.33. The summed E-state index contributed by atoms with van der Waals surface area (Å²) >= 11 is 0. The molecule has 4 nitrogen and oxygen atoms in total. The van der Waals surface area contributed by atoms with Crippen LogP contribution in [0.2, 0.25) is 0 Å². The standard InChI is InChI=1S/C23H27NO3/c1-4-23(5-2)16-20(19-8-6-7-9-21(19)27-23)24-22(25)15-12-17-10-13-18(26-3)14-11-17/h6-15,20H,4-5,16H2,1-3H3,(H,24,25)/b15-12+. The zero-order valence-electron chi connectivity index (χ0n) is 16.2. The molecule has 1 heterocycles. The summed E-state index contributed by atoms with van der Waals surface area (Å²) in [5, 5.41) is 3.16. The summed E-state index contributed by atoms with van der Waals surface area (Å²) in [4.78, 5) is 12.5. The van der Waals surface area contributed by atoms with Crippen LogP contribution in [0.1, 0.15) is 50.3 Å². The number of carbonyl (C=O) groups excluding carboxylic acids is 1. The lowest BCUT2D eigenvalue weighted by Crippen LogP contribution is -2.44. The number of para-hydroxylation sites is 1. The first-order valence-corrected chi connectivity index (χ1v) is 9.49. The summed E-state index contributed by atoms with van der Waals surface area (Å²) in [6.45, 7) is 4.28. The molecule has 1 N–H and O–H groups in total. The van der Waals surface area contributed by atoms with E-state index in [0.29, 0.717) is 0 Å². The average Bonchev–Trinajstić information content (AvgIpc) is 2.72. The molecule has 142 valence electrons. The van der Waals surface area contributed by atoms with Crippen molar-refractivity contribution in [3.05, 3.63) is 65.7 Å². The third-order valence-corrected chi connectivity index (χ3v) is 5.35. The Morgan fingerprint density at radius 3 is 2.56 bits per heavy atom. The summed E-state index contributed by atoms with van der Waals surface area (Å²) in [7, 11) is 1.64. The highest BCUT2D eigenvalue weighted by Crippen LogP contribution is 2.42. The lowest BCUT2D eigenvalue weighted by molar-refractivity contribution is -0.117. The first-order valence-electron chi connectivity index (χ1n) is 9.49. The molecule has 0 saturated carbocycles. The molecule has 0 bridgehead atoms. The summed E-state index contributed by atoms with van der Waals surface area (Å²) < 4.78 is 11.5. The number of carbonyl (C=O) groups is 1. The quantitative estimate of drug-likeness (QED) is 0.740. The van der Waals surface area contributed by atoms with Crippen molar-refractivity contribution in [1.29, 1.82) is 0 Å². The minimum absolute atomic E-state index is 0.0529. The molecule has 2 aromatic rings. The van der Waals surface area contributed by atoms with Crippen molar-refractivity contribution < 1.29 is 14.3 Å². The Morgan fingerprint density at radius 2 is 1.89 bits per heavy atom. The molecule has 0 aromatic heterocycles. The number of ether oxygens (including phenoxy) is 2. The zero-order chi connectivity index (χ0) is 19.3. The van der Waals surface area contributed by atoms with Crippen molar-refractivity contribution in [2.24, 2.45) is 0 Å². The normalized spacial score (nSPS) is 17.8. The average molecular weight is 365 g/mol. The molecule has 1 aliphatic heterocycles. The van der Waals surface area contributed by atoms with Gasteiger partial charge < -0.3 is 14.8 Å². The van der Waals surface area contributed by atoms with Crippen molar-refractivity contribution in [2.45, 2.75) is 44.8 Å². The predicted molar refractivity (Wildman–Crippen MR) is 108 cm³/mol. The molecular formula is C23H27NO3. The minimum atomic E-state index is -0.230. The van der Waals surface area contributed by atoms with Crippen LogP contribution in [0.5, 0.6) is 11.5 Å². The topological polar surface area (TPSA) is 47.6 Å². The molecule has 0 radical (unpaired) electrons. The smallest absolute Gasteiger partial charge is 0.244 e. The van der Waals surface area contributed by atoms with E-state index in [4.69, 9.17) is 9.47 Å². The monoisotopic (exact) mass is 365 g/mol. The molecule has 4 heteroatoms. The number of benzene rings is 2. The highest BCUT2D eigenvalue weighted by Gasteiger charge is 2.38. The summed E-state index contributed by atoms with van der Waals surface area (Å²) in [5.41, 5.74) is 1.77.